The van der Waals surface area contributed by atoms with E-state index in [1.165, 1.54) is 12.1 Å². The highest BCUT2D eigenvalue weighted by molar-refractivity contribution is 6.90. The van der Waals surface area contributed by atoms with Gasteiger partial charge in [-0.15, -0.1) is 12.1 Å². The van der Waals surface area contributed by atoms with Gasteiger partial charge in [-0.05, 0) is 11.5 Å². The third kappa shape index (κ3) is 6.08. The molecule has 0 saturated carbocycles. The van der Waals surface area contributed by atoms with E-state index in [4.69, 9.17) is 5.26 Å². The molecule has 0 aliphatic rings. The molecule has 0 aliphatic carbocycles. The van der Waals surface area contributed by atoms with Crippen LogP contribution in [0, 0.1) is 17.1 Å². The SMILES string of the molecule is C=C(C)B(c1cccc(C(F)(F)F)c1)c1ccccc1F.N#CCn1ccnc1. The number of rotatable bonds is 4. The van der Waals surface area contributed by atoms with Gasteiger partial charge in [0.1, 0.15) is 12.4 Å². The van der Waals surface area contributed by atoms with Crippen LogP contribution in [0.2, 0.25) is 0 Å². The van der Waals surface area contributed by atoms with Gasteiger partial charge in [0.15, 0.2) is 0 Å². The van der Waals surface area contributed by atoms with Gasteiger partial charge in [0, 0.05) is 12.4 Å². The van der Waals surface area contributed by atoms with Gasteiger partial charge in [-0.2, -0.15) is 18.4 Å². The molecule has 148 valence electrons. The number of alkyl halides is 3. The number of nitriles is 1. The molecule has 0 N–H and O–H groups in total. The van der Waals surface area contributed by atoms with Crippen LogP contribution in [-0.2, 0) is 12.7 Å². The second-order valence-electron chi connectivity index (χ2n) is 6.32. The van der Waals surface area contributed by atoms with E-state index in [-0.39, 0.29) is 0 Å². The van der Waals surface area contributed by atoms with Gasteiger partial charge in [0.05, 0.1) is 18.0 Å². The van der Waals surface area contributed by atoms with Crippen LogP contribution in [-0.4, -0.2) is 16.3 Å². The van der Waals surface area contributed by atoms with Gasteiger partial charge in [0.2, 0.25) is 6.71 Å². The quantitative estimate of drug-likeness (QED) is 0.492. The average molecular weight is 399 g/mol. The summed E-state index contributed by atoms with van der Waals surface area (Å²) < 4.78 is 54.1. The van der Waals surface area contributed by atoms with Crippen LogP contribution in [0.5, 0.6) is 0 Å². The van der Waals surface area contributed by atoms with Crippen LogP contribution >= 0.6 is 0 Å². The molecule has 3 aromatic rings. The molecule has 0 fully saturated rings. The van der Waals surface area contributed by atoms with Crippen molar-refractivity contribution >= 4 is 17.6 Å². The molecule has 3 nitrogen and oxygen atoms in total. The Balaban J connectivity index is 0.000000313. The third-order valence-electron chi connectivity index (χ3n) is 4.07. The van der Waals surface area contributed by atoms with Gasteiger partial charge in [-0.1, -0.05) is 54.9 Å². The predicted molar refractivity (Wildman–Crippen MR) is 106 cm³/mol. The molecule has 1 heterocycles. The van der Waals surface area contributed by atoms with Crippen molar-refractivity contribution in [2.45, 2.75) is 19.6 Å². The Hall–Kier alpha value is -3.34. The zero-order valence-electron chi connectivity index (χ0n) is 15.7. The van der Waals surface area contributed by atoms with E-state index in [2.05, 4.69) is 11.6 Å². The van der Waals surface area contributed by atoms with E-state index in [0.717, 1.165) is 12.1 Å². The van der Waals surface area contributed by atoms with Crippen molar-refractivity contribution in [1.82, 2.24) is 9.55 Å². The Labute approximate surface area is 167 Å². The monoisotopic (exact) mass is 399 g/mol. The summed E-state index contributed by atoms with van der Waals surface area (Å²) in [5.74, 6) is -0.456. The van der Waals surface area contributed by atoms with Gasteiger partial charge in [-0.3, -0.25) is 0 Å². The molecule has 0 atom stereocenters. The molecule has 0 aliphatic heterocycles. The van der Waals surface area contributed by atoms with Crippen LogP contribution in [0.25, 0.3) is 0 Å². The number of hydrogen-bond donors (Lipinski definition) is 0. The minimum absolute atomic E-state index is 0.323. The van der Waals surface area contributed by atoms with Gasteiger partial charge in [0.25, 0.3) is 0 Å². The van der Waals surface area contributed by atoms with Crippen molar-refractivity contribution in [3.63, 3.8) is 0 Å². The second-order valence-corrected chi connectivity index (χ2v) is 6.32. The van der Waals surface area contributed by atoms with Gasteiger partial charge in [-0.25, -0.2) is 9.37 Å². The van der Waals surface area contributed by atoms with E-state index in [1.807, 2.05) is 6.07 Å². The lowest BCUT2D eigenvalue weighted by Crippen LogP contribution is -2.45. The number of allylic oxidation sites excluding steroid dienone is 1. The van der Waals surface area contributed by atoms with Crippen molar-refractivity contribution in [3.8, 4) is 6.07 Å². The molecule has 0 spiro atoms. The van der Waals surface area contributed by atoms with E-state index >= 15 is 0 Å². The van der Waals surface area contributed by atoms with E-state index < -0.39 is 24.3 Å². The molecule has 29 heavy (non-hydrogen) atoms. The molecule has 0 amide bonds. The maximum Gasteiger partial charge on any atom is 0.416 e. The summed E-state index contributed by atoms with van der Waals surface area (Å²) in [6, 6.07) is 13.0. The summed E-state index contributed by atoms with van der Waals surface area (Å²) in [5.41, 5.74) is 0.536. The number of nitrogens with zero attached hydrogens (tertiary/aromatic N) is 3. The minimum Gasteiger partial charge on any atom is -0.324 e. The fraction of sp³-hybridized carbons (Fsp3) is 0.143. The predicted octanol–water partition coefficient (Wildman–Crippen LogP) is 3.98. The first kappa shape index (κ1) is 22.0. The standard InChI is InChI=1S/C16H13BF4.C5H5N3/c1-11(2)17(14-8-3-4-9-15(14)18)13-7-5-6-12(10-13)16(19,20)21;6-1-3-8-4-2-7-5-8/h3-10H,1H2,2H3;2,4-5H,3H2. The minimum atomic E-state index is -4.43. The zero-order chi connectivity index (χ0) is 21.4. The van der Waals surface area contributed by atoms with Crippen molar-refractivity contribution in [1.29, 1.82) is 5.26 Å². The summed E-state index contributed by atoms with van der Waals surface area (Å²) in [6.07, 6.45) is 0.592. The normalized spacial score (nSPS) is 10.5. The fourth-order valence-electron chi connectivity index (χ4n) is 2.80. The molecule has 1 aromatic heterocycles. The summed E-state index contributed by atoms with van der Waals surface area (Å²) in [5, 5.41) is 8.14. The maximum atomic E-state index is 14.0. The second kappa shape index (κ2) is 9.74. The summed E-state index contributed by atoms with van der Waals surface area (Å²) in [7, 11) is 0. The van der Waals surface area contributed by atoms with E-state index in [1.54, 1.807) is 54.5 Å². The van der Waals surface area contributed by atoms with Crippen LogP contribution in [0.4, 0.5) is 17.6 Å². The van der Waals surface area contributed by atoms with E-state index in [0.29, 0.717) is 22.9 Å². The highest BCUT2D eigenvalue weighted by Crippen LogP contribution is 2.28. The Morgan fingerprint density at radius 2 is 1.93 bits per heavy atom. The molecule has 8 heteroatoms. The Morgan fingerprint density at radius 1 is 1.21 bits per heavy atom. The van der Waals surface area contributed by atoms with Gasteiger partial charge < -0.3 is 4.57 Å². The fourth-order valence-corrected chi connectivity index (χ4v) is 2.80. The van der Waals surface area contributed by atoms with E-state index in [9.17, 15) is 17.6 Å². The third-order valence-corrected chi connectivity index (χ3v) is 4.07. The first-order valence-corrected chi connectivity index (χ1v) is 8.63. The van der Waals surface area contributed by atoms with Crippen molar-refractivity contribution in [3.05, 3.63) is 90.7 Å². The van der Waals surface area contributed by atoms with Crippen LogP contribution in [0.3, 0.4) is 0 Å². The Morgan fingerprint density at radius 3 is 2.48 bits per heavy atom. The number of benzene rings is 2. The zero-order valence-corrected chi connectivity index (χ0v) is 15.7. The lowest BCUT2D eigenvalue weighted by molar-refractivity contribution is -0.137. The molecular weight excluding hydrogens is 381 g/mol. The molecule has 3 rings (SSSR count). The van der Waals surface area contributed by atoms with Crippen molar-refractivity contribution in [2.24, 2.45) is 0 Å². The van der Waals surface area contributed by atoms with Crippen LogP contribution in [0.15, 0.2) is 79.3 Å². The number of halogens is 4. The lowest BCUT2D eigenvalue weighted by Gasteiger charge is -2.17. The largest absolute Gasteiger partial charge is 0.416 e. The molecule has 2 aromatic carbocycles. The molecule has 0 bridgehead atoms. The Kier molecular flexibility index (Phi) is 7.37. The average Bonchev–Trinajstić information content (AvgIpc) is 3.17. The first-order valence-electron chi connectivity index (χ1n) is 8.63. The first-order chi connectivity index (χ1) is 13.7. The summed E-state index contributed by atoms with van der Waals surface area (Å²) in [4.78, 5) is 3.75. The molecule has 0 radical (unpaired) electrons. The van der Waals surface area contributed by atoms with Crippen molar-refractivity contribution < 1.29 is 17.6 Å². The summed E-state index contributed by atoms with van der Waals surface area (Å²) in [6.45, 7) is 5.26. The van der Waals surface area contributed by atoms with Gasteiger partial charge >= 0.3 is 6.18 Å². The Bertz CT molecular complexity index is 992. The lowest BCUT2D eigenvalue weighted by atomic mass is 9.36. The highest BCUT2D eigenvalue weighted by atomic mass is 19.4. The highest BCUT2D eigenvalue weighted by Gasteiger charge is 2.32. The number of hydrogen-bond acceptors (Lipinski definition) is 2. The molecule has 0 saturated heterocycles. The van der Waals surface area contributed by atoms with Crippen LogP contribution < -0.4 is 10.9 Å². The van der Waals surface area contributed by atoms with Crippen LogP contribution in [0.1, 0.15) is 12.5 Å². The topological polar surface area (TPSA) is 41.6 Å². The smallest absolute Gasteiger partial charge is 0.324 e. The molecular formula is C21H18BF4N3. The maximum absolute atomic E-state index is 14.0. The summed E-state index contributed by atoms with van der Waals surface area (Å²) >= 11 is 0. The molecule has 0 unspecified atom stereocenters. The van der Waals surface area contributed by atoms with Crippen molar-refractivity contribution in [2.75, 3.05) is 0 Å². The number of imidazole rings is 1. The number of aromatic nitrogens is 2.